The Morgan fingerprint density at radius 2 is 1.33 bits per heavy atom. The molecule has 3 aromatic rings. The first kappa shape index (κ1) is 23.2. The lowest BCUT2D eigenvalue weighted by atomic mass is 10.2. The Morgan fingerprint density at radius 3 is 1.76 bits per heavy atom. The first-order valence-corrected chi connectivity index (χ1v) is 12.0. The zero-order valence-electron chi connectivity index (χ0n) is 16.4. The fourth-order valence-corrected chi connectivity index (χ4v) is 5.93. The molecule has 0 saturated carbocycles. The first-order valence-electron chi connectivity index (χ1n) is 8.94. The van der Waals surface area contributed by atoms with E-state index in [9.17, 15) is 24.8 Å². The van der Waals surface area contributed by atoms with Gasteiger partial charge in [0.15, 0.2) is 0 Å². The molecule has 0 fully saturated rings. The molecule has 0 unspecified atom stereocenters. The molecule has 3 aromatic carbocycles. The number of hydrogen-bond acceptors (Lipinski definition) is 9. The van der Waals surface area contributed by atoms with Gasteiger partial charge in [-0.2, -0.15) is 4.57 Å². The summed E-state index contributed by atoms with van der Waals surface area (Å²) in [6.45, 7) is 1.82. The maximum Gasteiger partial charge on any atom is 0.647 e. The van der Waals surface area contributed by atoms with Crippen molar-refractivity contribution < 1.29 is 28.0 Å². The second-order valence-corrected chi connectivity index (χ2v) is 10.1. The molecule has 170 valence electrons. The number of halogens is 2. The van der Waals surface area contributed by atoms with Gasteiger partial charge in [0, 0.05) is 22.2 Å². The van der Waals surface area contributed by atoms with Crippen LogP contribution in [0.25, 0.3) is 0 Å². The van der Waals surface area contributed by atoms with Crippen LogP contribution in [-0.4, -0.2) is 9.85 Å². The number of hydrogen-bond donors (Lipinski definition) is 0. The van der Waals surface area contributed by atoms with Gasteiger partial charge in [0.1, 0.15) is 5.75 Å². The normalized spacial score (nSPS) is 13.9. The Hall–Kier alpha value is -2.98. The summed E-state index contributed by atoms with van der Waals surface area (Å²) in [6.07, 6.45) is 0. The molecule has 14 heteroatoms. The molecule has 10 nitrogen and oxygen atoms in total. The van der Waals surface area contributed by atoms with Crippen LogP contribution >= 0.6 is 42.8 Å². The summed E-state index contributed by atoms with van der Waals surface area (Å²) >= 11 is 12.9. The van der Waals surface area contributed by atoms with Gasteiger partial charge in [-0.25, -0.2) is 0 Å². The predicted octanol–water partition coefficient (Wildman–Crippen LogP) is 7.23. The van der Waals surface area contributed by atoms with Crippen LogP contribution in [0.2, 0.25) is 10.0 Å². The van der Waals surface area contributed by atoms with Crippen LogP contribution in [-0.2, 0) is 4.57 Å². The van der Waals surface area contributed by atoms with Crippen molar-refractivity contribution in [1.29, 1.82) is 0 Å². The minimum atomic E-state index is -4.76. The quantitative estimate of drug-likeness (QED) is 0.195. The molecule has 0 aliphatic carbocycles. The molecule has 1 aliphatic rings. The van der Waals surface area contributed by atoms with E-state index in [0.717, 1.165) is 29.5 Å². The lowest BCUT2D eigenvalue weighted by molar-refractivity contribution is -0.386. The molecule has 1 heterocycles. The molecule has 0 radical (unpaired) electrons. The minimum absolute atomic E-state index is 0.00888. The molecular weight excluding hydrogens is 518 g/mol. The molecular formula is C19H11Cl2N2O8PS. The van der Waals surface area contributed by atoms with Gasteiger partial charge in [-0.1, -0.05) is 52.7 Å². The Morgan fingerprint density at radius 1 is 0.879 bits per heavy atom. The highest BCUT2D eigenvalue weighted by atomic mass is 35.5. The summed E-state index contributed by atoms with van der Waals surface area (Å²) in [7, 11) is -4.76. The van der Waals surface area contributed by atoms with E-state index in [1.165, 1.54) is 24.3 Å². The fourth-order valence-electron chi connectivity index (χ4n) is 2.84. The van der Waals surface area contributed by atoms with Crippen LogP contribution < -0.4 is 13.6 Å². The fraction of sp³-hybridized carbons (Fsp3) is 0.0526. The van der Waals surface area contributed by atoms with Gasteiger partial charge in [0.2, 0.25) is 11.5 Å². The lowest BCUT2D eigenvalue weighted by Gasteiger charge is -2.24. The number of benzene rings is 3. The molecule has 0 saturated heterocycles. The summed E-state index contributed by atoms with van der Waals surface area (Å²) < 4.78 is 30.1. The van der Waals surface area contributed by atoms with E-state index in [0.29, 0.717) is 0 Å². The van der Waals surface area contributed by atoms with Gasteiger partial charge >= 0.3 is 19.2 Å². The Kier molecular flexibility index (Phi) is 6.15. The second-order valence-electron chi connectivity index (χ2n) is 6.65. The van der Waals surface area contributed by atoms with E-state index in [4.69, 9.17) is 36.8 Å². The van der Waals surface area contributed by atoms with E-state index in [1.807, 2.05) is 6.92 Å². The number of aryl methyl sites for hydroxylation is 1. The SMILES string of the molecule is Cc1ccc(OP2(=O)Oc3c(cc(Cl)cc3[N+](=O)[O-])Sc3cc(Cl)cc([N+](=O)[O-])c3O2)cc1. The highest BCUT2D eigenvalue weighted by Crippen LogP contribution is 2.60. The number of fused-ring (bicyclic) bond motifs is 2. The lowest BCUT2D eigenvalue weighted by Crippen LogP contribution is -2.12. The molecule has 4 rings (SSSR count). The molecule has 0 amide bonds. The van der Waals surface area contributed by atoms with Crippen LogP contribution in [0.15, 0.2) is 58.3 Å². The molecule has 0 aromatic heterocycles. The molecule has 0 atom stereocenters. The monoisotopic (exact) mass is 528 g/mol. The van der Waals surface area contributed by atoms with Crippen molar-refractivity contribution >= 4 is 54.2 Å². The molecule has 0 bridgehead atoms. The van der Waals surface area contributed by atoms with Crippen molar-refractivity contribution in [2.45, 2.75) is 16.7 Å². The average molecular weight is 529 g/mol. The zero-order valence-corrected chi connectivity index (χ0v) is 19.6. The van der Waals surface area contributed by atoms with Gasteiger partial charge in [0.05, 0.1) is 19.6 Å². The highest BCUT2D eigenvalue weighted by molar-refractivity contribution is 7.99. The van der Waals surface area contributed by atoms with Crippen LogP contribution in [0.4, 0.5) is 11.4 Å². The smallest absolute Gasteiger partial charge is 0.386 e. The van der Waals surface area contributed by atoms with Gasteiger partial charge in [0.25, 0.3) is 0 Å². The van der Waals surface area contributed by atoms with E-state index in [-0.39, 0.29) is 25.6 Å². The van der Waals surface area contributed by atoms with Crippen LogP contribution in [0.1, 0.15) is 5.56 Å². The second kappa shape index (κ2) is 8.75. The van der Waals surface area contributed by atoms with Gasteiger partial charge in [-0.15, -0.1) is 0 Å². The van der Waals surface area contributed by atoms with Crippen LogP contribution in [0.3, 0.4) is 0 Å². The maximum absolute atomic E-state index is 13.7. The maximum atomic E-state index is 13.7. The number of phosphoric acid groups is 1. The predicted molar refractivity (Wildman–Crippen MR) is 121 cm³/mol. The van der Waals surface area contributed by atoms with E-state index >= 15 is 0 Å². The summed E-state index contributed by atoms with van der Waals surface area (Å²) in [4.78, 5) is 21.9. The topological polar surface area (TPSA) is 131 Å². The first-order chi connectivity index (χ1) is 15.5. The van der Waals surface area contributed by atoms with Gasteiger partial charge in [-0.05, 0) is 31.2 Å². The molecule has 1 aliphatic heterocycles. The van der Waals surface area contributed by atoms with Crippen molar-refractivity contribution in [3.8, 4) is 17.2 Å². The summed E-state index contributed by atoms with van der Waals surface area (Å²) in [5.74, 6) is -0.815. The molecule has 0 N–H and O–H groups in total. The van der Waals surface area contributed by atoms with Crippen molar-refractivity contribution in [3.05, 3.63) is 84.4 Å². The molecule has 0 spiro atoms. The van der Waals surface area contributed by atoms with Crippen molar-refractivity contribution in [3.63, 3.8) is 0 Å². The third-order valence-electron chi connectivity index (χ3n) is 4.26. The summed E-state index contributed by atoms with van der Waals surface area (Å²) in [5, 5.41) is 23.3. The minimum Gasteiger partial charge on any atom is -0.386 e. The van der Waals surface area contributed by atoms with E-state index < -0.39 is 40.5 Å². The average Bonchev–Trinajstić information content (AvgIpc) is 2.72. The largest absolute Gasteiger partial charge is 0.647 e. The number of nitrogens with zero attached hydrogens (tertiary/aromatic N) is 2. The third kappa shape index (κ3) is 4.86. The van der Waals surface area contributed by atoms with Crippen molar-refractivity contribution in [1.82, 2.24) is 0 Å². The van der Waals surface area contributed by atoms with Gasteiger partial charge in [-0.3, -0.25) is 20.2 Å². The number of nitro groups is 2. The Labute approximate surface area is 200 Å². The van der Waals surface area contributed by atoms with E-state index in [1.54, 1.807) is 12.1 Å². The van der Waals surface area contributed by atoms with Crippen LogP contribution in [0.5, 0.6) is 17.2 Å². The zero-order chi connectivity index (χ0) is 23.9. The highest BCUT2D eigenvalue weighted by Gasteiger charge is 2.42. The third-order valence-corrected chi connectivity index (χ3v) is 6.99. The van der Waals surface area contributed by atoms with Crippen molar-refractivity contribution in [2.75, 3.05) is 0 Å². The summed E-state index contributed by atoms with van der Waals surface area (Å²) in [6, 6.07) is 11.0. The van der Waals surface area contributed by atoms with Gasteiger partial charge < -0.3 is 13.6 Å². The number of rotatable bonds is 4. The number of nitro benzene ring substituents is 2. The van der Waals surface area contributed by atoms with Crippen molar-refractivity contribution in [2.24, 2.45) is 0 Å². The Balaban J connectivity index is 1.96. The van der Waals surface area contributed by atoms with E-state index in [2.05, 4.69) is 0 Å². The standard InChI is InChI=1S/C19H11Cl2N2O8PS/c1-10-2-4-13(5-3-10)29-32(28)30-18-14(22(24)25)6-11(20)8-16(18)33-17-9-12(21)7-15(23(26)27)19(17)31-32/h2-9H,1H3. The summed E-state index contributed by atoms with van der Waals surface area (Å²) in [5.41, 5.74) is -0.314. The number of phosphoric ester groups is 1. The molecule has 33 heavy (non-hydrogen) atoms. The Bertz CT molecular complexity index is 1280. The van der Waals surface area contributed by atoms with Crippen LogP contribution in [0, 0.1) is 27.2 Å².